The van der Waals surface area contributed by atoms with Gasteiger partial charge in [-0.05, 0) is 31.2 Å². The van der Waals surface area contributed by atoms with Crippen LogP contribution in [0.4, 0.5) is 5.69 Å². The molecule has 0 spiro atoms. The van der Waals surface area contributed by atoms with E-state index in [1.807, 2.05) is 0 Å². The largest absolute Gasteiger partial charge is 0.461 e. The van der Waals surface area contributed by atoms with E-state index in [0.29, 0.717) is 5.69 Å². The zero-order chi connectivity index (χ0) is 17.3. The number of anilines is 1. The van der Waals surface area contributed by atoms with Gasteiger partial charge < -0.3 is 10.1 Å². The lowest BCUT2D eigenvalue weighted by atomic mass is 10.3. The van der Waals surface area contributed by atoms with Gasteiger partial charge >= 0.3 is 5.97 Å². The first-order chi connectivity index (χ1) is 10.8. The second-order valence-electron chi connectivity index (χ2n) is 4.61. The van der Waals surface area contributed by atoms with E-state index in [-0.39, 0.29) is 30.4 Å². The van der Waals surface area contributed by atoms with Crippen LogP contribution in [0, 0.1) is 0 Å². The van der Waals surface area contributed by atoms with Gasteiger partial charge in [0.15, 0.2) is 0 Å². The van der Waals surface area contributed by atoms with Crippen LogP contribution in [0.25, 0.3) is 0 Å². The zero-order valence-electron chi connectivity index (χ0n) is 13.0. The number of ether oxygens (including phenoxy) is 1. The Balaban J connectivity index is 2.52. The summed E-state index contributed by atoms with van der Waals surface area (Å²) >= 11 is 0. The van der Waals surface area contributed by atoms with Gasteiger partial charge in [-0.25, -0.2) is 13.1 Å². The SMILES string of the molecule is C/C=C/COC(=O)CCNS(=O)(=O)c1ccc(NC(C)=O)cc1. The normalized spacial score (nSPS) is 11.4. The van der Waals surface area contributed by atoms with Gasteiger partial charge in [-0.2, -0.15) is 0 Å². The molecule has 0 fully saturated rings. The number of esters is 1. The first-order valence-corrected chi connectivity index (χ1v) is 8.47. The second kappa shape index (κ2) is 9.06. The lowest BCUT2D eigenvalue weighted by Gasteiger charge is -2.08. The molecule has 0 bridgehead atoms. The molecule has 0 saturated carbocycles. The summed E-state index contributed by atoms with van der Waals surface area (Å²) in [6, 6.07) is 5.72. The Kier molecular flexibility index (Phi) is 7.43. The Morgan fingerprint density at radius 3 is 2.43 bits per heavy atom. The van der Waals surface area contributed by atoms with Gasteiger partial charge in [0, 0.05) is 19.2 Å². The number of allylic oxidation sites excluding steroid dienone is 1. The summed E-state index contributed by atoms with van der Waals surface area (Å²) in [4.78, 5) is 22.3. The smallest absolute Gasteiger partial charge is 0.307 e. The van der Waals surface area contributed by atoms with Crippen molar-refractivity contribution in [2.45, 2.75) is 25.2 Å². The van der Waals surface area contributed by atoms with Gasteiger partial charge in [0.25, 0.3) is 0 Å². The van der Waals surface area contributed by atoms with Crippen molar-refractivity contribution in [2.75, 3.05) is 18.5 Å². The number of amides is 1. The van der Waals surface area contributed by atoms with E-state index in [0.717, 1.165) is 0 Å². The van der Waals surface area contributed by atoms with Gasteiger partial charge in [0.1, 0.15) is 6.61 Å². The molecule has 1 rings (SSSR count). The molecule has 1 amide bonds. The average Bonchev–Trinajstić information content (AvgIpc) is 2.47. The number of hydrogen-bond acceptors (Lipinski definition) is 5. The summed E-state index contributed by atoms with van der Waals surface area (Å²) in [5.74, 6) is -0.720. The maximum Gasteiger partial charge on any atom is 0.307 e. The summed E-state index contributed by atoms with van der Waals surface area (Å²) in [7, 11) is -3.71. The molecule has 126 valence electrons. The summed E-state index contributed by atoms with van der Waals surface area (Å²) in [6.07, 6.45) is 3.38. The minimum atomic E-state index is -3.71. The van der Waals surface area contributed by atoms with Crippen LogP contribution in [-0.4, -0.2) is 33.4 Å². The van der Waals surface area contributed by atoms with Gasteiger partial charge in [-0.3, -0.25) is 9.59 Å². The first kappa shape index (κ1) is 18.9. The monoisotopic (exact) mass is 340 g/mol. The molecule has 0 atom stereocenters. The molecule has 0 heterocycles. The predicted octanol–water partition coefficient (Wildman–Crippen LogP) is 1.43. The van der Waals surface area contributed by atoms with Crippen LogP contribution >= 0.6 is 0 Å². The molecule has 0 saturated heterocycles. The molecule has 0 aliphatic heterocycles. The van der Waals surface area contributed by atoms with Crippen LogP contribution in [-0.2, 0) is 24.3 Å². The third kappa shape index (κ3) is 7.07. The molecular weight excluding hydrogens is 320 g/mol. The summed E-state index contributed by atoms with van der Waals surface area (Å²) < 4.78 is 31.3. The molecule has 0 aliphatic carbocycles. The van der Waals surface area contributed by atoms with Crippen LogP contribution in [0.5, 0.6) is 0 Å². The fourth-order valence-corrected chi connectivity index (χ4v) is 2.63. The number of rotatable bonds is 8. The zero-order valence-corrected chi connectivity index (χ0v) is 13.9. The van der Waals surface area contributed by atoms with E-state index in [2.05, 4.69) is 10.0 Å². The van der Waals surface area contributed by atoms with Crippen molar-refractivity contribution >= 4 is 27.6 Å². The van der Waals surface area contributed by atoms with Crippen LogP contribution in [0.15, 0.2) is 41.3 Å². The summed E-state index contributed by atoms with van der Waals surface area (Å²) in [5, 5.41) is 2.55. The second-order valence-corrected chi connectivity index (χ2v) is 6.37. The fourth-order valence-electron chi connectivity index (χ4n) is 1.60. The molecule has 23 heavy (non-hydrogen) atoms. The highest BCUT2D eigenvalue weighted by atomic mass is 32.2. The Bertz CT molecular complexity index is 666. The highest BCUT2D eigenvalue weighted by Gasteiger charge is 2.14. The van der Waals surface area contributed by atoms with Crippen LogP contribution in [0.3, 0.4) is 0 Å². The average molecular weight is 340 g/mol. The lowest BCUT2D eigenvalue weighted by molar-refractivity contribution is -0.142. The standard InChI is InChI=1S/C15H20N2O5S/c1-3-4-11-22-15(19)9-10-16-23(20,21)14-7-5-13(6-8-14)17-12(2)18/h3-8,16H,9-11H2,1-2H3,(H,17,18)/b4-3+. The molecule has 0 aliphatic rings. The summed E-state index contributed by atoms with van der Waals surface area (Å²) in [6.45, 7) is 3.29. The summed E-state index contributed by atoms with van der Waals surface area (Å²) in [5.41, 5.74) is 0.504. The number of hydrogen-bond donors (Lipinski definition) is 2. The molecule has 0 unspecified atom stereocenters. The molecular formula is C15H20N2O5S. The van der Waals surface area contributed by atoms with Crippen LogP contribution < -0.4 is 10.0 Å². The van der Waals surface area contributed by atoms with E-state index in [1.165, 1.54) is 31.2 Å². The molecule has 8 heteroatoms. The van der Waals surface area contributed by atoms with Crippen molar-refractivity contribution in [1.29, 1.82) is 0 Å². The minimum absolute atomic E-state index is 0.0499. The van der Waals surface area contributed by atoms with Crippen molar-refractivity contribution in [1.82, 2.24) is 4.72 Å². The Labute approximate surface area is 135 Å². The number of nitrogens with one attached hydrogen (secondary N) is 2. The molecule has 1 aromatic rings. The topological polar surface area (TPSA) is 102 Å². The van der Waals surface area contributed by atoms with Crippen LogP contribution in [0.2, 0.25) is 0 Å². The Morgan fingerprint density at radius 2 is 1.87 bits per heavy atom. The van der Waals surface area contributed by atoms with E-state index in [9.17, 15) is 18.0 Å². The van der Waals surface area contributed by atoms with E-state index in [1.54, 1.807) is 19.1 Å². The van der Waals surface area contributed by atoms with Gasteiger partial charge in [-0.1, -0.05) is 12.2 Å². The first-order valence-electron chi connectivity index (χ1n) is 6.99. The van der Waals surface area contributed by atoms with Gasteiger partial charge in [0.2, 0.25) is 15.9 Å². The third-order valence-corrected chi connectivity index (χ3v) is 4.16. The van der Waals surface area contributed by atoms with Crippen molar-refractivity contribution < 1.29 is 22.7 Å². The molecule has 0 radical (unpaired) electrons. The van der Waals surface area contributed by atoms with Crippen LogP contribution in [0.1, 0.15) is 20.3 Å². The van der Waals surface area contributed by atoms with Crippen molar-refractivity contribution in [3.05, 3.63) is 36.4 Å². The molecule has 1 aromatic carbocycles. The fraction of sp³-hybridized carbons (Fsp3) is 0.333. The molecule has 2 N–H and O–H groups in total. The van der Waals surface area contributed by atoms with E-state index in [4.69, 9.17) is 4.74 Å². The highest BCUT2D eigenvalue weighted by Crippen LogP contribution is 2.13. The quantitative estimate of drug-likeness (QED) is 0.551. The molecule has 7 nitrogen and oxygen atoms in total. The van der Waals surface area contributed by atoms with Crippen molar-refractivity contribution in [2.24, 2.45) is 0 Å². The van der Waals surface area contributed by atoms with E-state index >= 15 is 0 Å². The van der Waals surface area contributed by atoms with Gasteiger partial charge in [-0.15, -0.1) is 0 Å². The molecule has 0 aromatic heterocycles. The van der Waals surface area contributed by atoms with Crippen molar-refractivity contribution in [3.63, 3.8) is 0 Å². The lowest BCUT2D eigenvalue weighted by Crippen LogP contribution is -2.26. The number of benzene rings is 1. The Morgan fingerprint density at radius 1 is 1.22 bits per heavy atom. The third-order valence-electron chi connectivity index (χ3n) is 2.68. The number of carbonyl (C=O) groups excluding carboxylic acids is 2. The predicted molar refractivity (Wildman–Crippen MR) is 86.3 cm³/mol. The minimum Gasteiger partial charge on any atom is -0.461 e. The number of sulfonamides is 1. The number of carbonyl (C=O) groups is 2. The maximum absolute atomic E-state index is 12.0. The van der Waals surface area contributed by atoms with Gasteiger partial charge in [0.05, 0.1) is 11.3 Å². The van der Waals surface area contributed by atoms with E-state index < -0.39 is 16.0 Å². The highest BCUT2D eigenvalue weighted by molar-refractivity contribution is 7.89. The maximum atomic E-state index is 12.0. The Hall–Kier alpha value is -2.19. The van der Waals surface area contributed by atoms with Crippen molar-refractivity contribution in [3.8, 4) is 0 Å².